The van der Waals surface area contributed by atoms with E-state index < -0.39 is 0 Å². The Bertz CT molecular complexity index is 1180. The molecule has 3 aliphatic rings. The number of halogens is 1. The van der Waals surface area contributed by atoms with Crippen LogP contribution in [0.15, 0.2) is 48.8 Å². The third-order valence-electron chi connectivity index (χ3n) is 7.72. The van der Waals surface area contributed by atoms with Crippen LogP contribution in [0.25, 0.3) is 10.9 Å². The second-order valence-corrected chi connectivity index (χ2v) is 9.84. The van der Waals surface area contributed by atoms with Crippen LogP contribution in [0.3, 0.4) is 0 Å². The predicted octanol–water partition coefficient (Wildman–Crippen LogP) is 5.71. The van der Waals surface area contributed by atoms with Crippen LogP contribution in [0.4, 0.5) is 10.1 Å². The zero-order valence-electron chi connectivity index (χ0n) is 18.7. The van der Waals surface area contributed by atoms with Gasteiger partial charge in [-0.2, -0.15) is 0 Å². The standard InChI is InChI=1S/C27H28FN3O2/c1-2-19(27(32)31-17-6-8-23(30-14-17)15-3-4-15)26-20-12-18(13-21(20)26)33-25-9-10-29-24-7-5-16(28)11-22(24)25/h5-11,14-15,18-21,26H,2-4,12-13H2,1H3,(H,31,32)/t18-,19?,20-,21+,26-. The van der Waals surface area contributed by atoms with E-state index >= 15 is 0 Å². The molecule has 0 aliphatic heterocycles. The molecule has 3 fully saturated rings. The highest BCUT2D eigenvalue weighted by molar-refractivity contribution is 5.93. The number of hydrogen-bond donors (Lipinski definition) is 1. The van der Waals surface area contributed by atoms with Crippen molar-refractivity contribution in [3.63, 3.8) is 0 Å². The molecule has 0 radical (unpaired) electrons. The highest BCUT2D eigenvalue weighted by atomic mass is 19.1. The number of pyridine rings is 2. The van der Waals surface area contributed by atoms with Gasteiger partial charge in [0.2, 0.25) is 5.91 Å². The number of nitrogens with one attached hydrogen (secondary N) is 1. The van der Waals surface area contributed by atoms with Crippen molar-refractivity contribution in [1.82, 2.24) is 9.97 Å². The zero-order chi connectivity index (χ0) is 22.5. The van der Waals surface area contributed by atoms with Gasteiger partial charge in [0.1, 0.15) is 11.6 Å². The first kappa shape index (κ1) is 20.6. The molecule has 1 unspecified atom stereocenters. The largest absolute Gasteiger partial charge is 0.490 e. The topological polar surface area (TPSA) is 64.1 Å². The monoisotopic (exact) mass is 445 g/mol. The van der Waals surface area contributed by atoms with Crippen molar-refractivity contribution in [3.05, 3.63) is 60.3 Å². The maximum atomic E-state index is 13.7. The Labute approximate surface area is 192 Å². The fourth-order valence-corrected chi connectivity index (χ4v) is 5.88. The number of fused-ring (bicyclic) bond motifs is 2. The number of benzene rings is 1. The van der Waals surface area contributed by atoms with Gasteiger partial charge >= 0.3 is 0 Å². The molecule has 1 amide bonds. The molecule has 5 atom stereocenters. The molecule has 33 heavy (non-hydrogen) atoms. The lowest BCUT2D eigenvalue weighted by Gasteiger charge is -2.21. The van der Waals surface area contributed by atoms with Gasteiger partial charge in [-0.1, -0.05) is 6.92 Å². The Morgan fingerprint density at radius 3 is 2.67 bits per heavy atom. The van der Waals surface area contributed by atoms with Gasteiger partial charge in [-0.25, -0.2) is 4.39 Å². The van der Waals surface area contributed by atoms with E-state index in [1.807, 2.05) is 18.2 Å². The first-order valence-corrected chi connectivity index (χ1v) is 12.1. The summed E-state index contributed by atoms with van der Waals surface area (Å²) in [5.74, 6) is 2.59. The van der Waals surface area contributed by atoms with E-state index in [4.69, 9.17) is 4.74 Å². The van der Waals surface area contributed by atoms with Crippen molar-refractivity contribution in [2.45, 2.75) is 51.0 Å². The summed E-state index contributed by atoms with van der Waals surface area (Å²) in [5.41, 5.74) is 2.65. The molecule has 1 aromatic carbocycles. The smallest absolute Gasteiger partial charge is 0.227 e. The van der Waals surface area contributed by atoms with E-state index in [-0.39, 0.29) is 23.7 Å². The van der Waals surface area contributed by atoms with Gasteiger partial charge in [0, 0.05) is 29.1 Å². The van der Waals surface area contributed by atoms with Crippen LogP contribution in [-0.2, 0) is 4.79 Å². The number of aromatic nitrogens is 2. The molecule has 5 nitrogen and oxygen atoms in total. The third kappa shape index (κ3) is 3.96. The van der Waals surface area contributed by atoms with E-state index in [0.717, 1.165) is 36.2 Å². The SMILES string of the molecule is CCC(C(=O)Nc1ccc(C2CC2)nc1)[C@@H]1[C@@H]2C[C@@H](Oc3ccnc4ccc(F)cc34)C[C@@H]21. The van der Waals surface area contributed by atoms with Crippen LogP contribution < -0.4 is 10.1 Å². The molecule has 0 bridgehead atoms. The first-order chi connectivity index (χ1) is 16.1. The van der Waals surface area contributed by atoms with Gasteiger partial charge in [0.15, 0.2) is 0 Å². The molecule has 3 saturated carbocycles. The van der Waals surface area contributed by atoms with Gasteiger partial charge in [0.25, 0.3) is 0 Å². The summed E-state index contributed by atoms with van der Waals surface area (Å²) in [7, 11) is 0. The van der Waals surface area contributed by atoms with Gasteiger partial charge < -0.3 is 10.1 Å². The number of carbonyl (C=O) groups is 1. The van der Waals surface area contributed by atoms with Gasteiger partial charge in [-0.05, 0) is 86.3 Å². The summed E-state index contributed by atoms with van der Waals surface area (Å²) in [6.45, 7) is 2.10. The number of rotatable bonds is 7. The van der Waals surface area contributed by atoms with Crippen molar-refractivity contribution in [1.29, 1.82) is 0 Å². The minimum atomic E-state index is -0.288. The molecule has 3 aromatic rings. The number of anilines is 1. The minimum Gasteiger partial charge on any atom is -0.490 e. The summed E-state index contributed by atoms with van der Waals surface area (Å²) in [6, 6.07) is 10.4. The molecule has 6 heteroatoms. The van der Waals surface area contributed by atoms with Gasteiger partial charge in [0.05, 0.1) is 23.5 Å². The van der Waals surface area contributed by atoms with Crippen LogP contribution in [0.5, 0.6) is 5.75 Å². The number of ether oxygens (including phenoxy) is 1. The normalized spacial score (nSPS) is 26.6. The fourth-order valence-electron chi connectivity index (χ4n) is 5.88. The second-order valence-electron chi connectivity index (χ2n) is 9.84. The molecule has 0 saturated heterocycles. The Balaban J connectivity index is 1.07. The maximum Gasteiger partial charge on any atom is 0.227 e. The number of amides is 1. The highest BCUT2D eigenvalue weighted by Crippen LogP contribution is 2.62. The van der Waals surface area contributed by atoms with Crippen molar-refractivity contribution >= 4 is 22.5 Å². The molecular formula is C27H28FN3O2. The van der Waals surface area contributed by atoms with E-state index in [1.54, 1.807) is 18.5 Å². The molecule has 1 N–H and O–H groups in total. The van der Waals surface area contributed by atoms with Gasteiger partial charge in [-0.15, -0.1) is 0 Å². The summed E-state index contributed by atoms with van der Waals surface area (Å²) < 4.78 is 20.0. The Kier molecular flexibility index (Phi) is 5.04. The average molecular weight is 446 g/mol. The summed E-state index contributed by atoms with van der Waals surface area (Å²) >= 11 is 0. The maximum absolute atomic E-state index is 13.7. The van der Waals surface area contributed by atoms with E-state index in [2.05, 4.69) is 22.2 Å². The lowest BCUT2D eigenvalue weighted by molar-refractivity contribution is -0.121. The molecule has 2 heterocycles. The summed E-state index contributed by atoms with van der Waals surface area (Å²) in [4.78, 5) is 21.8. The van der Waals surface area contributed by atoms with Gasteiger partial charge in [-0.3, -0.25) is 14.8 Å². The van der Waals surface area contributed by atoms with Crippen LogP contribution in [0, 0.1) is 29.5 Å². The molecule has 0 spiro atoms. The Morgan fingerprint density at radius 2 is 1.97 bits per heavy atom. The molecular weight excluding hydrogens is 417 g/mol. The van der Waals surface area contributed by atoms with Crippen molar-refractivity contribution in [2.24, 2.45) is 23.7 Å². The second kappa shape index (κ2) is 8.08. The summed E-state index contributed by atoms with van der Waals surface area (Å²) in [5, 5.41) is 3.80. The van der Waals surface area contributed by atoms with Crippen LogP contribution in [0.1, 0.15) is 50.6 Å². The Morgan fingerprint density at radius 1 is 1.15 bits per heavy atom. The molecule has 2 aromatic heterocycles. The van der Waals surface area contributed by atoms with E-state index in [1.165, 1.54) is 25.0 Å². The van der Waals surface area contributed by atoms with E-state index in [0.29, 0.717) is 34.8 Å². The third-order valence-corrected chi connectivity index (χ3v) is 7.72. The van der Waals surface area contributed by atoms with Crippen molar-refractivity contribution in [3.8, 4) is 5.75 Å². The van der Waals surface area contributed by atoms with E-state index in [9.17, 15) is 9.18 Å². The number of carbonyl (C=O) groups excluding carboxylic acids is 1. The quantitative estimate of drug-likeness (QED) is 0.506. The molecule has 6 rings (SSSR count). The lowest BCUT2D eigenvalue weighted by Crippen LogP contribution is -2.27. The van der Waals surface area contributed by atoms with Crippen LogP contribution >= 0.6 is 0 Å². The van der Waals surface area contributed by atoms with Crippen molar-refractivity contribution in [2.75, 3.05) is 5.32 Å². The zero-order valence-corrected chi connectivity index (χ0v) is 18.7. The molecule has 170 valence electrons. The number of hydrogen-bond acceptors (Lipinski definition) is 4. The first-order valence-electron chi connectivity index (χ1n) is 12.1. The highest BCUT2D eigenvalue weighted by Gasteiger charge is 2.60. The predicted molar refractivity (Wildman–Crippen MR) is 124 cm³/mol. The van der Waals surface area contributed by atoms with Crippen LogP contribution in [-0.4, -0.2) is 22.0 Å². The lowest BCUT2D eigenvalue weighted by atomic mass is 9.93. The van der Waals surface area contributed by atoms with Crippen molar-refractivity contribution < 1.29 is 13.9 Å². The molecule has 3 aliphatic carbocycles. The summed E-state index contributed by atoms with van der Waals surface area (Å²) in [6.07, 6.45) is 8.75. The average Bonchev–Trinajstić information content (AvgIpc) is 3.73. The van der Waals surface area contributed by atoms with Crippen LogP contribution in [0.2, 0.25) is 0 Å². The number of nitrogens with zero attached hydrogens (tertiary/aromatic N) is 2. The Hall–Kier alpha value is -3.02. The fraction of sp³-hybridized carbons (Fsp3) is 0.444. The minimum absolute atomic E-state index is 0.0138.